The molecule has 4 unspecified atom stereocenters. The van der Waals surface area contributed by atoms with Crippen molar-refractivity contribution in [3.8, 4) is 11.8 Å². The molecule has 0 N–H and O–H groups in total. The van der Waals surface area contributed by atoms with Gasteiger partial charge in [0.25, 0.3) is 0 Å². The second kappa shape index (κ2) is 8.91. The highest BCUT2D eigenvalue weighted by Crippen LogP contribution is 2.47. The molecule has 2 aliphatic carbocycles. The van der Waals surface area contributed by atoms with Gasteiger partial charge >= 0.3 is 6.18 Å². The number of hydrogen-bond acceptors (Lipinski definition) is 0. The van der Waals surface area contributed by atoms with Gasteiger partial charge in [-0.1, -0.05) is 30.0 Å². The lowest BCUT2D eigenvalue weighted by molar-refractivity contribution is -0.140. The van der Waals surface area contributed by atoms with Gasteiger partial charge in [0.1, 0.15) is 5.82 Å². The number of alkyl halides is 3. The highest BCUT2D eigenvalue weighted by molar-refractivity contribution is 5.45. The number of halogens is 4. The van der Waals surface area contributed by atoms with Gasteiger partial charge < -0.3 is 0 Å². The Balaban J connectivity index is 1.41. The first-order chi connectivity index (χ1) is 14.8. The molecule has 0 spiro atoms. The maximum Gasteiger partial charge on any atom is 0.419 e. The molecule has 4 atom stereocenters. The van der Waals surface area contributed by atoms with E-state index in [1.165, 1.54) is 50.2 Å². The summed E-state index contributed by atoms with van der Waals surface area (Å²) in [6.45, 7) is 3.97. The van der Waals surface area contributed by atoms with Gasteiger partial charge in [-0.15, -0.1) is 6.58 Å². The van der Waals surface area contributed by atoms with Gasteiger partial charge in [-0.25, -0.2) is 4.39 Å². The predicted octanol–water partition coefficient (Wildman–Crippen LogP) is 7.73. The van der Waals surface area contributed by atoms with Crippen LogP contribution in [-0.2, 0) is 6.18 Å². The van der Waals surface area contributed by atoms with E-state index in [0.717, 1.165) is 29.5 Å². The van der Waals surface area contributed by atoms with Crippen LogP contribution in [0.15, 0.2) is 55.1 Å². The molecule has 162 valence electrons. The van der Waals surface area contributed by atoms with E-state index in [1.807, 2.05) is 12.1 Å². The van der Waals surface area contributed by atoms with Crippen molar-refractivity contribution in [2.24, 2.45) is 17.8 Å². The molecule has 31 heavy (non-hydrogen) atoms. The van der Waals surface area contributed by atoms with Gasteiger partial charge in [-0.3, -0.25) is 0 Å². The van der Waals surface area contributed by atoms with Crippen molar-refractivity contribution >= 4 is 0 Å². The summed E-state index contributed by atoms with van der Waals surface area (Å²) in [4.78, 5) is 0. The summed E-state index contributed by atoms with van der Waals surface area (Å²) in [6.07, 6.45) is 5.00. The van der Waals surface area contributed by atoms with Crippen LogP contribution in [0, 0.1) is 35.4 Å². The molecule has 0 radical (unpaired) electrons. The van der Waals surface area contributed by atoms with Gasteiger partial charge in [-0.05, 0) is 98.1 Å². The van der Waals surface area contributed by atoms with E-state index in [2.05, 4.69) is 36.6 Å². The number of rotatable bonds is 2. The van der Waals surface area contributed by atoms with E-state index >= 15 is 0 Å². The predicted molar refractivity (Wildman–Crippen MR) is 115 cm³/mol. The van der Waals surface area contributed by atoms with Crippen molar-refractivity contribution in [2.75, 3.05) is 0 Å². The number of fused-ring (bicyclic) bond motifs is 1. The Morgan fingerprint density at radius 3 is 2.16 bits per heavy atom. The van der Waals surface area contributed by atoms with Gasteiger partial charge in [0.2, 0.25) is 0 Å². The Hall–Kier alpha value is -2.54. The zero-order valence-corrected chi connectivity index (χ0v) is 17.4. The van der Waals surface area contributed by atoms with Crippen molar-refractivity contribution in [1.82, 2.24) is 0 Å². The summed E-state index contributed by atoms with van der Waals surface area (Å²) in [7, 11) is 0. The first kappa shape index (κ1) is 21.7. The standard InChI is InChI=1S/C27H26F4/c1-2-18-5-11-24-17-23(13-12-22(24)15-18)21-9-6-19(7-10-21)3-4-20-8-14-25(26(28)16-20)27(29,30)31/h2,6-10,14,16,18,22-24H,1,5,11-13,15,17H2. The largest absolute Gasteiger partial charge is 0.419 e. The van der Waals surface area contributed by atoms with Crippen LogP contribution >= 0.6 is 0 Å². The fourth-order valence-corrected chi connectivity index (χ4v) is 5.25. The molecule has 0 aliphatic heterocycles. The summed E-state index contributed by atoms with van der Waals surface area (Å²) < 4.78 is 51.7. The van der Waals surface area contributed by atoms with Gasteiger partial charge in [-0.2, -0.15) is 13.2 Å². The molecule has 0 saturated heterocycles. The normalized spacial score (nSPS) is 25.8. The number of allylic oxidation sites excluding steroid dienone is 1. The minimum Gasteiger partial charge on any atom is -0.206 e. The second-order valence-corrected chi connectivity index (χ2v) is 8.90. The molecule has 0 amide bonds. The van der Waals surface area contributed by atoms with Crippen LogP contribution in [-0.4, -0.2) is 0 Å². The molecule has 4 rings (SSSR count). The second-order valence-electron chi connectivity index (χ2n) is 8.90. The average Bonchev–Trinajstić information content (AvgIpc) is 2.76. The Morgan fingerprint density at radius 1 is 0.839 bits per heavy atom. The smallest absolute Gasteiger partial charge is 0.206 e. The van der Waals surface area contributed by atoms with Crippen molar-refractivity contribution in [3.05, 3.63) is 83.2 Å². The third-order valence-corrected chi connectivity index (χ3v) is 6.99. The zero-order valence-electron chi connectivity index (χ0n) is 17.4. The minimum absolute atomic E-state index is 0.225. The number of hydrogen-bond donors (Lipinski definition) is 0. The Labute approximate surface area is 181 Å². The molecule has 4 heteroatoms. The SMILES string of the molecule is C=CC1CCC2CC(c3ccc(C#Cc4ccc(C(F)(F)F)c(F)c4)cc3)CCC2C1. The molecule has 0 heterocycles. The van der Waals surface area contributed by atoms with Crippen molar-refractivity contribution in [2.45, 2.75) is 50.6 Å². The molecule has 0 aromatic heterocycles. The van der Waals surface area contributed by atoms with E-state index in [0.29, 0.717) is 11.8 Å². The zero-order chi connectivity index (χ0) is 22.0. The van der Waals surface area contributed by atoms with Crippen LogP contribution in [0.4, 0.5) is 17.6 Å². The molecular weight excluding hydrogens is 400 g/mol. The van der Waals surface area contributed by atoms with Crippen LogP contribution in [0.2, 0.25) is 0 Å². The molecule has 2 aliphatic rings. The summed E-state index contributed by atoms with van der Waals surface area (Å²) in [5.41, 5.74) is 1.05. The fourth-order valence-electron chi connectivity index (χ4n) is 5.25. The lowest BCUT2D eigenvalue weighted by Gasteiger charge is -2.41. The van der Waals surface area contributed by atoms with Crippen LogP contribution < -0.4 is 0 Å². The molecular formula is C27H26F4. The fraction of sp³-hybridized carbons (Fsp3) is 0.407. The molecule has 0 bridgehead atoms. The average molecular weight is 426 g/mol. The van der Waals surface area contributed by atoms with Crippen molar-refractivity contribution < 1.29 is 17.6 Å². The summed E-state index contributed by atoms with van der Waals surface area (Å²) >= 11 is 0. The van der Waals surface area contributed by atoms with Gasteiger partial charge in [0, 0.05) is 11.1 Å². The summed E-state index contributed by atoms with van der Waals surface area (Å²) in [6, 6.07) is 10.9. The first-order valence-electron chi connectivity index (χ1n) is 10.9. The minimum atomic E-state index is -4.70. The first-order valence-corrected chi connectivity index (χ1v) is 10.9. The highest BCUT2D eigenvalue weighted by Gasteiger charge is 2.35. The van der Waals surface area contributed by atoms with E-state index < -0.39 is 17.6 Å². The molecule has 0 nitrogen and oxygen atoms in total. The summed E-state index contributed by atoms with van der Waals surface area (Å²) in [5.74, 6) is 7.30. The quantitative estimate of drug-likeness (QED) is 0.262. The Kier molecular flexibility index (Phi) is 6.23. The lowest BCUT2D eigenvalue weighted by atomic mass is 9.64. The van der Waals surface area contributed by atoms with Crippen molar-refractivity contribution in [1.29, 1.82) is 0 Å². The van der Waals surface area contributed by atoms with Crippen LogP contribution in [0.5, 0.6) is 0 Å². The Bertz CT molecular complexity index is 991. The number of benzene rings is 2. The van der Waals surface area contributed by atoms with Crippen LogP contribution in [0.25, 0.3) is 0 Å². The monoisotopic (exact) mass is 426 g/mol. The van der Waals surface area contributed by atoms with Gasteiger partial charge in [0.05, 0.1) is 5.56 Å². The van der Waals surface area contributed by atoms with E-state index in [9.17, 15) is 17.6 Å². The maximum atomic E-state index is 13.7. The molecule has 2 fully saturated rings. The van der Waals surface area contributed by atoms with Gasteiger partial charge in [0.15, 0.2) is 0 Å². The summed E-state index contributed by atoms with van der Waals surface area (Å²) in [5, 5.41) is 0. The highest BCUT2D eigenvalue weighted by atomic mass is 19.4. The van der Waals surface area contributed by atoms with Crippen LogP contribution in [0.3, 0.4) is 0 Å². The lowest BCUT2D eigenvalue weighted by Crippen LogP contribution is -2.29. The van der Waals surface area contributed by atoms with Crippen LogP contribution in [0.1, 0.15) is 66.7 Å². The van der Waals surface area contributed by atoms with E-state index in [4.69, 9.17) is 0 Å². The Morgan fingerprint density at radius 2 is 1.48 bits per heavy atom. The molecule has 2 aromatic rings. The third kappa shape index (κ3) is 5.03. The molecule has 2 saturated carbocycles. The third-order valence-electron chi connectivity index (χ3n) is 6.99. The van der Waals surface area contributed by atoms with E-state index in [-0.39, 0.29) is 5.56 Å². The van der Waals surface area contributed by atoms with Crippen molar-refractivity contribution in [3.63, 3.8) is 0 Å². The molecule has 2 aromatic carbocycles. The van der Waals surface area contributed by atoms with E-state index in [1.54, 1.807) is 0 Å². The maximum absolute atomic E-state index is 13.7. The topological polar surface area (TPSA) is 0 Å².